The van der Waals surface area contributed by atoms with Gasteiger partial charge in [-0.1, -0.05) is 30.3 Å². The summed E-state index contributed by atoms with van der Waals surface area (Å²) in [6.07, 6.45) is -3.63. The van der Waals surface area contributed by atoms with Crippen LogP contribution in [-0.2, 0) is 4.74 Å². The number of aldehydes is 1. The van der Waals surface area contributed by atoms with Crippen molar-refractivity contribution in [2.45, 2.75) is 12.8 Å². The largest absolute Gasteiger partial charge is 0.573 e. The molecule has 0 radical (unpaired) electrons. The van der Waals surface area contributed by atoms with Crippen LogP contribution >= 0.6 is 0 Å². The van der Waals surface area contributed by atoms with Gasteiger partial charge in [0.2, 0.25) is 0 Å². The van der Waals surface area contributed by atoms with Crippen molar-refractivity contribution in [3.05, 3.63) is 48.0 Å². The van der Waals surface area contributed by atoms with Gasteiger partial charge in [-0.2, -0.15) is 0 Å². The summed E-state index contributed by atoms with van der Waals surface area (Å²) < 4.78 is 52.0. The van der Waals surface area contributed by atoms with Crippen molar-refractivity contribution in [2.75, 3.05) is 20.3 Å². The average molecular weight is 354 g/mol. The molecular formula is C18H17F3O4. The Hall–Kier alpha value is -2.54. The highest BCUT2D eigenvalue weighted by atomic mass is 19.4. The molecule has 2 aromatic carbocycles. The van der Waals surface area contributed by atoms with Crippen molar-refractivity contribution in [3.63, 3.8) is 0 Å². The number of hydrogen-bond acceptors (Lipinski definition) is 4. The number of benzene rings is 2. The van der Waals surface area contributed by atoms with E-state index in [2.05, 4.69) is 4.74 Å². The van der Waals surface area contributed by atoms with E-state index in [1.807, 2.05) is 0 Å². The maximum atomic E-state index is 12.6. The number of methoxy groups -OCH3 is 1. The predicted octanol–water partition coefficient (Wildman–Crippen LogP) is 4.48. The summed E-state index contributed by atoms with van der Waals surface area (Å²) in [4.78, 5) is 11.2. The van der Waals surface area contributed by atoms with Gasteiger partial charge < -0.3 is 14.2 Å². The molecule has 0 saturated carbocycles. The van der Waals surface area contributed by atoms with Crippen LogP contribution in [0.15, 0.2) is 42.5 Å². The normalized spacial score (nSPS) is 11.2. The zero-order valence-corrected chi connectivity index (χ0v) is 13.5. The standard InChI is InChI=1S/C18H17F3O4/c1-23-9-4-10-24-17-11-13(7-8-16(17)25-18(19,20)21)15-6-3-2-5-14(15)12-22/h2-3,5-8,11-12H,4,9-10H2,1H3. The quantitative estimate of drug-likeness (QED) is 0.518. The Balaban J connectivity index is 2.35. The van der Waals surface area contributed by atoms with E-state index in [-0.39, 0.29) is 12.4 Å². The summed E-state index contributed by atoms with van der Waals surface area (Å²) in [6.45, 7) is 0.587. The van der Waals surface area contributed by atoms with E-state index >= 15 is 0 Å². The number of carbonyl (C=O) groups excluding carboxylic acids is 1. The molecule has 134 valence electrons. The third-order valence-corrected chi connectivity index (χ3v) is 3.32. The topological polar surface area (TPSA) is 44.8 Å². The summed E-state index contributed by atoms with van der Waals surface area (Å²) in [5.74, 6) is -0.483. The fourth-order valence-corrected chi connectivity index (χ4v) is 2.25. The molecule has 4 nitrogen and oxygen atoms in total. The van der Waals surface area contributed by atoms with Gasteiger partial charge in [-0.15, -0.1) is 13.2 Å². The van der Waals surface area contributed by atoms with Crippen molar-refractivity contribution in [1.82, 2.24) is 0 Å². The highest BCUT2D eigenvalue weighted by Gasteiger charge is 2.32. The van der Waals surface area contributed by atoms with Crippen LogP contribution in [0.3, 0.4) is 0 Å². The third-order valence-electron chi connectivity index (χ3n) is 3.32. The first-order chi connectivity index (χ1) is 11.9. The van der Waals surface area contributed by atoms with Crippen LogP contribution in [0.2, 0.25) is 0 Å². The fraction of sp³-hybridized carbons (Fsp3) is 0.278. The molecular weight excluding hydrogens is 337 g/mol. The van der Waals surface area contributed by atoms with Crippen LogP contribution in [-0.4, -0.2) is 33.0 Å². The lowest BCUT2D eigenvalue weighted by molar-refractivity contribution is -0.275. The molecule has 0 aliphatic rings. The van der Waals surface area contributed by atoms with E-state index in [0.717, 1.165) is 0 Å². The number of carbonyl (C=O) groups is 1. The molecule has 7 heteroatoms. The zero-order valence-electron chi connectivity index (χ0n) is 13.5. The van der Waals surface area contributed by atoms with E-state index < -0.39 is 12.1 Å². The van der Waals surface area contributed by atoms with E-state index in [1.54, 1.807) is 24.3 Å². The summed E-state index contributed by atoms with van der Waals surface area (Å²) >= 11 is 0. The molecule has 0 fully saturated rings. The number of hydrogen-bond donors (Lipinski definition) is 0. The highest BCUT2D eigenvalue weighted by molar-refractivity contribution is 5.87. The summed E-state index contributed by atoms with van der Waals surface area (Å²) in [5, 5.41) is 0. The van der Waals surface area contributed by atoms with Gasteiger partial charge in [-0.25, -0.2) is 0 Å². The smallest absolute Gasteiger partial charge is 0.490 e. The SMILES string of the molecule is COCCCOc1cc(-c2ccccc2C=O)ccc1OC(F)(F)F. The fourth-order valence-electron chi connectivity index (χ4n) is 2.25. The van der Waals surface area contributed by atoms with Crippen molar-refractivity contribution in [2.24, 2.45) is 0 Å². The van der Waals surface area contributed by atoms with E-state index in [1.165, 1.54) is 25.3 Å². The molecule has 0 amide bonds. The summed E-state index contributed by atoms with van der Waals surface area (Å²) in [7, 11) is 1.52. The molecule has 0 N–H and O–H groups in total. The Morgan fingerprint density at radius 1 is 1.04 bits per heavy atom. The Labute approximate surface area is 143 Å². The molecule has 0 aromatic heterocycles. The minimum Gasteiger partial charge on any atom is -0.490 e. The monoisotopic (exact) mass is 354 g/mol. The molecule has 0 aliphatic carbocycles. The van der Waals surface area contributed by atoms with E-state index in [9.17, 15) is 18.0 Å². The van der Waals surface area contributed by atoms with E-state index in [0.29, 0.717) is 36.0 Å². The minimum absolute atomic E-state index is 0.0494. The number of alkyl halides is 3. The Morgan fingerprint density at radius 2 is 1.80 bits per heavy atom. The van der Waals surface area contributed by atoms with Gasteiger partial charge in [0.1, 0.15) is 0 Å². The second-order valence-electron chi connectivity index (χ2n) is 5.11. The van der Waals surface area contributed by atoms with Gasteiger partial charge >= 0.3 is 6.36 Å². The van der Waals surface area contributed by atoms with Crippen LogP contribution in [0, 0.1) is 0 Å². The Morgan fingerprint density at radius 3 is 2.48 bits per heavy atom. The Kier molecular flexibility index (Phi) is 6.41. The lowest BCUT2D eigenvalue weighted by atomic mass is 10.00. The van der Waals surface area contributed by atoms with Gasteiger partial charge in [0.25, 0.3) is 0 Å². The first kappa shape index (κ1) is 18.8. The molecule has 0 unspecified atom stereocenters. The average Bonchev–Trinajstić information content (AvgIpc) is 2.58. The second kappa shape index (κ2) is 8.53. The first-order valence-electron chi connectivity index (χ1n) is 7.50. The predicted molar refractivity (Wildman–Crippen MR) is 85.9 cm³/mol. The van der Waals surface area contributed by atoms with Crippen LogP contribution in [0.1, 0.15) is 16.8 Å². The van der Waals surface area contributed by atoms with Gasteiger partial charge in [0.15, 0.2) is 17.8 Å². The highest BCUT2D eigenvalue weighted by Crippen LogP contribution is 2.36. The van der Waals surface area contributed by atoms with Gasteiger partial charge in [-0.3, -0.25) is 4.79 Å². The maximum absolute atomic E-state index is 12.6. The molecule has 0 atom stereocenters. The molecule has 0 saturated heterocycles. The second-order valence-corrected chi connectivity index (χ2v) is 5.11. The zero-order chi connectivity index (χ0) is 18.3. The van der Waals surface area contributed by atoms with Crippen molar-refractivity contribution in [1.29, 1.82) is 0 Å². The van der Waals surface area contributed by atoms with Crippen LogP contribution in [0.4, 0.5) is 13.2 Å². The van der Waals surface area contributed by atoms with Crippen LogP contribution < -0.4 is 9.47 Å². The maximum Gasteiger partial charge on any atom is 0.573 e. The molecule has 25 heavy (non-hydrogen) atoms. The molecule has 0 spiro atoms. The van der Waals surface area contributed by atoms with Gasteiger partial charge in [0, 0.05) is 25.7 Å². The molecule has 0 aliphatic heterocycles. The third kappa shape index (κ3) is 5.49. The summed E-state index contributed by atoms with van der Waals surface area (Å²) in [5.41, 5.74) is 1.58. The number of ether oxygens (including phenoxy) is 3. The molecule has 0 heterocycles. The van der Waals surface area contributed by atoms with Crippen molar-refractivity contribution < 1.29 is 32.2 Å². The lowest BCUT2D eigenvalue weighted by Gasteiger charge is -2.16. The van der Waals surface area contributed by atoms with Crippen molar-refractivity contribution >= 4 is 6.29 Å². The first-order valence-corrected chi connectivity index (χ1v) is 7.50. The molecule has 2 rings (SSSR count). The van der Waals surface area contributed by atoms with Crippen molar-refractivity contribution in [3.8, 4) is 22.6 Å². The molecule has 0 bridgehead atoms. The number of halogens is 3. The minimum atomic E-state index is -4.83. The van der Waals surface area contributed by atoms with Gasteiger partial charge in [0.05, 0.1) is 6.61 Å². The van der Waals surface area contributed by atoms with E-state index in [4.69, 9.17) is 9.47 Å². The van der Waals surface area contributed by atoms with Crippen LogP contribution in [0.25, 0.3) is 11.1 Å². The van der Waals surface area contributed by atoms with Gasteiger partial charge in [-0.05, 0) is 23.3 Å². The Bertz CT molecular complexity index is 714. The number of rotatable bonds is 8. The van der Waals surface area contributed by atoms with Crippen LogP contribution in [0.5, 0.6) is 11.5 Å². The lowest BCUT2D eigenvalue weighted by Crippen LogP contribution is -2.18. The molecule has 2 aromatic rings. The summed E-state index contributed by atoms with van der Waals surface area (Å²) in [6, 6.07) is 10.8.